The van der Waals surface area contributed by atoms with Gasteiger partial charge < -0.3 is 10.1 Å². The van der Waals surface area contributed by atoms with E-state index in [1.54, 1.807) is 12.7 Å². The molecule has 0 spiro atoms. The maximum Gasteiger partial charge on any atom is 0.119 e. The normalized spacial score (nSPS) is 29.4. The van der Waals surface area contributed by atoms with Gasteiger partial charge in [-0.15, -0.1) is 0 Å². The highest BCUT2D eigenvalue weighted by atomic mass is 16.5. The lowest BCUT2D eigenvalue weighted by Gasteiger charge is -2.36. The molecule has 116 valence electrons. The molecule has 0 heterocycles. The van der Waals surface area contributed by atoms with Crippen LogP contribution in [-0.2, 0) is 0 Å². The lowest BCUT2D eigenvalue weighted by atomic mass is 9.70. The number of hydrogen-bond donors (Lipinski definition) is 1. The Labute approximate surface area is 129 Å². The molecule has 2 aliphatic rings. The fourth-order valence-electron chi connectivity index (χ4n) is 3.87. The van der Waals surface area contributed by atoms with Crippen LogP contribution >= 0.6 is 0 Å². The molecule has 0 amide bonds. The van der Waals surface area contributed by atoms with Gasteiger partial charge in [-0.3, -0.25) is 0 Å². The van der Waals surface area contributed by atoms with Gasteiger partial charge in [-0.05, 0) is 80.2 Å². The lowest BCUT2D eigenvalue weighted by molar-refractivity contribution is 0.240. The van der Waals surface area contributed by atoms with Crippen LogP contribution in [0.1, 0.15) is 56.1 Å². The number of rotatable bonds is 5. The molecule has 1 N–H and O–H groups in total. The predicted molar refractivity (Wildman–Crippen MR) is 88.0 cm³/mol. The molecule has 2 saturated carbocycles. The van der Waals surface area contributed by atoms with Gasteiger partial charge in [-0.25, -0.2) is 0 Å². The molecule has 2 aliphatic carbocycles. The Bertz CT molecular complexity index is 480. The molecular weight excluding hydrogens is 258 g/mol. The first-order valence-electron chi connectivity index (χ1n) is 8.55. The van der Waals surface area contributed by atoms with Gasteiger partial charge in [0.2, 0.25) is 0 Å². The minimum Gasteiger partial charge on any atom is -0.497 e. The molecule has 3 atom stereocenters. The van der Waals surface area contributed by atoms with Gasteiger partial charge in [-0.1, -0.05) is 19.4 Å². The fourth-order valence-corrected chi connectivity index (χ4v) is 3.87. The number of ether oxygens (including phenoxy) is 1. The van der Waals surface area contributed by atoms with E-state index in [0.29, 0.717) is 5.92 Å². The summed E-state index contributed by atoms with van der Waals surface area (Å²) in [5.74, 6) is 3.35. The van der Waals surface area contributed by atoms with Crippen molar-refractivity contribution in [3.63, 3.8) is 0 Å². The van der Waals surface area contributed by atoms with E-state index in [2.05, 4.69) is 37.4 Å². The molecule has 3 rings (SSSR count). The Morgan fingerprint density at radius 2 is 2.00 bits per heavy atom. The fraction of sp³-hybridized carbons (Fsp3) is 0.684. The van der Waals surface area contributed by atoms with Crippen molar-refractivity contribution >= 4 is 0 Å². The Morgan fingerprint density at radius 1 is 1.19 bits per heavy atom. The molecule has 1 aromatic rings. The number of nitrogens with one attached hydrogen (secondary N) is 1. The van der Waals surface area contributed by atoms with E-state index < -0.39 is 0 Å². The number of methoxy groups -OCH3 is 1. The number of aryl methyl sites for hydroxylation is 1. The molecule has 2 fully saturated rings. The molecular formula is C19H29NO. The summed E-state index contributed by atoms with van der Waals surface area (Å²) in [7, 11) is 1.75. The number of benzene rings is 1. The van der Waals surface area contributed by atoms with E-state index in [0.717, 1.165) is 23.6 Å². The standard InChI is InChI=1S/C19H29NO/c1-13-4-5-15(12-20-16-6-7-16)19(10-13)18-9-8-17(21-3)11-14(18)2/h8-9,11,13,15-16,19-20H,4-7,10,12H2,1-3H3. The zero-order valence-corrected chi connectivity index (χ0v) is 13.7. The van der Waals surface area contributed by atoms with Crippen molar-refractivity contribution in [3.05, 3.63) is 29.3 Å². The van der Waals surface area contributed by atoms with E-state index in [-0.39, 0.29) is 0 Å². The first-order valence-corrected chi connectivity index (χ1v) is 8.55. The third-order valence-electron chi connectivity index (χ3n) is 5.38. The molecule has 2 heteroatoms. The summed E-state index contributed by atoms with van der Waals surface area (Å²) in [5, 5.41) is 3.76. The summed E-state index contributed by atoms with van der Waals surface area (Å²) in [4.78, 5) is 0. The van der Waals surface area contributed by atoms with E-state index in [1.165, 1.54) is 44.2 Å². The summed E-state index contributed by atoms with van der Waals surface area (Å²) in [5.41, 5.74) is 2.94. The van der Waals surface area contributed by atoms with Crippen LogP contribution in [-0.4, -0.2) is 19.7 Å². The van der Waals surface area contributed by atoms with Crippen molar-refractivity contribution in [2.75, 3.05) is 13.7 Å². The smallest absolute Gasteiger partial charge is 0.119 e. The van der Waals surface area contributed by atoms with Crippen LogP contribution in [0.3, 0.4) is 0 Å². The van der Waals surface area contributed by atoms with Crippen molar-refractivity contribution in [2.24, 2.45) is 11.8 Å². The van der Waals surface area contributed by atoms with Crippen molar-refractivity contribution in [3.8, 4) is 5.75 Å². The highest BCUT2D eigenvalue weighted by Crippen LogP contribution is 2.42. The van der Waals surface area contributed by atoms with Crippen LogP contribution in [0.5, 0.6) is 5.75 Å². The summed E-state index contributed by atoms with van der Waals surface area (Å²) in [6.45, 7) is 5.85. The lowest BCUT2D eigenvalue weighted by Crippen LogP contribution is -2.32. The van der Waals surface area contributed by atoms with Crippen LogP contribution in [0, 0.1) is 18.8 Å². The second-order valence-electron chi connectivity index (χ2n) is 7.19. The molecule has 2 nitrogen and oxygen atoms in total. The van der Waals surface area contributed by atoms with Gasteiger partial charge in [0.05, 0.1) is 7.11 Å². The molecule has 21 heavy (non-hydrogen) atoms. The summed E-state index contributed by atoms with van der Waals surface area (Å²) in [6.07, 6.45) is 6.87. The largest absolute Gasteiger partial charge is 0.497 e. The monoisotopic (exact) mass is 287 g/mol. The zero-order valence-electron chi connectivity index (χ0n) is 13.7. The minimum absolute atomic E-state index is 0.714. The van der Waals surface area contributed by atoms with Gasteiger partial charge in [0.25, 0.3) is 0 Å². The Balaban J connectivity index is 1.76. The average molecular weight is 287 g/mol. The van der Waals surface area contributed by atoms with Gasteiger partial charge in [0.15, 0.2) is 0 Å². The summed E-state index contributed by atoms with van der Waals surface area (Å²) >= 11 is 0. The molecule has 0 aromatic heterocycles. The van der Waals surface area contributed by atoms with Gasteiger partial charge in [0.1, 0.15) is 5.75 Å². The van der Waals surface area contributed by atoms with Gasteiger partial charge in [0, 0.05) is 6.04 Å². The maximum absolute atomic E-state index is 5.36. The molecule has 0 bridgehead atoms. The molecule has 1 aromatic carbocycles. The van der Waals surface area contributed by atoms with E-state index >= 15 is 0 Å². The highest BCUT2D eigenvalue weighted by molar-refractivity contribution is 5.37. The van der Waals surface area contributed by atoms with E-state index in [9.17, 15) is 0 Å². The SMILES string of the molecule is COc1ccc(C2CC(C)CCC2CNC2CC2)c(C)c1. The van der Waals surface area contributed by atoms with Crippen molar-refractivity contribution in [1.82, 2.24) is 5.32 Å². The maximum atomic E-state index is 5.36. The zero-order chi connectivity index (χ0) is 14.8. The second-order valence-corrected chi connectivity index (χ2v) is 7.19. The molecule has 0 radical (unpaired) electrons. The Kier molecular flexibility index (Phi) is 4.54. The van der Waals surface area contributed by atoms with Crippen LogP contribution in [0.4, 0.5) is 0 Å². The first-order chi connectivity index (χ1) is 10.2. The van der Waals surface area contributed by atoms with Crippen LogP contribution < -0.4 is 10.1 Å². The van der Waals surface area contributed by atoms with Crippen molar-refractivity contribution < 1.29 is 4.74 Å². The predicted octanol–water partition coefficient (Wildman–Crippen LogP) is 4.28. The highest BCUT2D eigenvalue weighted by Gasteiger charge is 2.32. The summed E-state index contributed by atoms with van der Waals surface area (Å²) < 4.78 is 5.36. The third-order valence-corrected chi connectivity index (χ3v) is 5.38. The topological polar surface area (TPSA) is 21.3 Å². The van der Waals surface area contributed by atoms with Crippen LogP contribution in [0.25, 0.3) is 0 Å². The van der Waals surface area contributed by atoms with Crippen LogP contribution in [0.2, 0.25) is 0 Å². The van der Waals surface area contributed by atoms with Crippen molar-refractivity contribution in [2.45, 2.75) is 57.9 Å². The quantitative estimate of drug-likeness (QED) is 0.873. The Hall–Kier alpha value is -1.02. The molecule has 0 saturated heterocycles. The minimum atomic E-state index is 0.714. The third kappa shape index (κ3) is 3.60. The van der Waals surface area contributed by atoms with E-state index in [4.69, 9.17) is 4.74 Å². The van der Waals surface area contributed by atoms with Crippen molar-refractivity contribution in [1.29, 1.82) is 0 Å². The number of hydrogen-bond acceptors (Lipinski definition) is 2. The van der Waals surface area contributed by atoms with Gasteiger partial charge in [-0.2, -0.15) is 0 Å². The molecule has 3 unspecified atom stereocenters. The Morgan fingerprint density at radius 3 is 2.67 bits per heavy atom. The van der Waals surface area contributed by atoms with Gasteiger partial charge >= 0.3 is 0 Å². The van der Waals surface area contributed by atoms with E-state index in [1.807, 2.05) is 0 Å². The van der Waals surface area contributed by atoms with Crippen LogP contribution in [0.15, 0.2) is 18.2 Å². The average Bonchev–Trinajstić information content (AvgIpc) is 3.30. The first kappa shape index (κ1) is 14.9. The second kappa shape index (κ2) is 6.39. The summed E-state index contributed by atoms with van der Waals surface area (Å²) in [6, 6.07) is 7.45. The molecule has 0 aliphatic heterocycles.